The molecule has 0 aliphatic carbocycles. The number of piperidine rings is 1. The average molecular weight is 475 g/mol. The fourth-order valence-electron chi connectivity index (χ4n) is 4.45. The van der Waals surface area contributed by atoms with Crippen LogP contribution in [0.3, 0.4) is 0 Å². The van der Waals surface area contributed by atoms with Crippen molar-refractivity contribution < 1.29 is 9.53 Å². The van der Waals surface area contributed by atoms with Gasteiger partial charge in [0.05, 0.1) is 18.7 Å². The molecular formula is C25H26N6O2S. The van der Waals surface area contributed by atoms with E-state index in [4.69, 9.17) is 9.72 Å². The number of pyridine rings is 2. The molecule has 1 aromatic carbocycles. The number of carbonyl (C=O) groups is 1. The van der Waals surface area contributed by atoms with E-state index in [2.05, 4.69) is 20.5 Å². The van der Waals surface area contributed by atoms with Gasteiger partial charge in [-0.05, 0) is 74.5 Å². The molecule has 5 rings (SSSR count). The quantitative estimate of drug-likeness (QED) is 0.464. The molecule has 1 fully saturated rings. The maximum atomic E-state index is 13.9. The Labute approximate surface area is 202 Å². The highest BCUT2D eigenvalue weighted by Gasteiger charge is 2.30. The van der Waals surface area contributed by atoms with Crippen molar-refractivity contribution in [2.45, 2.75) is 32.7 Å². The van der Waals surface area contributed by atoms with E-state index in [9.17, 15) is 4.79 Å². The smallest absolute Gasteiger partial charge is 0.261 e. The normalized spacial score (nSPS) is 15.9. The van der Waals surface area contributed by atoms with Gasteiger partial charge in [-0.25, -0.2) is 4.98 Å². The van der Waals surface area contributed by atoms with E-state index < -0.39 is 0 Å². The summed E-state index contributed by atoms with van der Waals surface area (Å²) in [6.45, 7) is 5.60. The third-order valence-corrected chi connectivity index (χ3v) is 6.95. The predicted molar refractivity (Wildman–Crippen MR) is 134 cm³/mol. The average Bonchev–Trinajstić information content (AvgIpc) is 3.31. The Bertz CT molecular complexity index is 1330. The topological polar surface area (TPSA) is 93.1 Å². The molecule has 0 spiro atoms. The largest absolute Gasteiger partial charge is 0.497 e. The van der Waals surface area contributed by atoms with Crippen LogP contribution in [0.25, 0.3) is 21.5 Å². The van der Waals surface area contributed by atoms with Crippen molar-refractivity contribution in [1.29, 1.82) is 0 Å². The summed E-state index contributed by atoms with van der Waals surface area (Å²) in [7, 11) is 1.66. The van der Waals surface area contributed by atoms with Crippen LogP contribution in [0.2, 0.25) is 0 Å². The van der Waals surface area contributed by atoms with Crippen LogP contribution in [-0.4, -0.2) is 52.3 Å². The van der Waals surface area contributed by atoms with Gasteiger partial charge < -0.3 is 10.1 Å². The molecular weight excluding hydrogens is 448 g/mol. The minimum absolute atomic E-state index is 0.00802. The third kappa shape index (κ3) is 4.24. The lowest BCUT2D eigenvalue weighted by molar-refractivity contribution is 0.0971. The van der Waals surface area contributed by atoms with E-state index in [1.807, 2.05) is 49.1 Å². The van der Waals surface area contributed by atoms with Gasteiger partial charge in [-0.15, -0.1) is 10.2 Å². The lowest BCUT2D eigenvalue weighted by Gasteiger charge is -2.35. The second kappa shape index (κ2) is 9.44. The summed E-state index contributed by atoms with van der Waals surface area (Å²) in [5.74, 6) is 1.34. The standard InChI is InChI=1S/C25H26N6O2S/c1-15-11-20(33-3)12-17-8-10-27-23(22(15)17)31(19-5-4-9-26-14-19)25(32)18-6-7-21(28-13-18)24-30-29-16(2)34-24/h6-8,10-13,19,26H,4-5,9,14H2,1-3H3/t19-/m1/s1. The van der Waals surface area contributed by atoms with Crippen LogP contribution in [0.4, 0.5) is 5.82 Å². The first kappa shape index (κ1) is 22.4. The Balaban J connectivity index is 1.58. The van der Waals surface area contributed by atoms with Gasteiger partial charge in [0.1, 0.15) is 22.3 Å². The lowest BCUT2D eigenvalue weighted by atomic mass is 10.0. The SMILES string of the molecule is COc1cc(C)c2c(N(C(=O)c3ccc(-c4nnc(C)s4)nc3)[C@@H]3CCCNC3)nccc2c1. The molecule has 0 radical (unpaired) electrons. The Morgan fingerprint density at radius 3 is 2.74 bits per heavy atom. The number of aryl methyl sites for hydroxylation is 2. The van der Waals surface area contributed by atoms with Crippen LogP contribution in [-0.2, 0) is 0 Å². The molecule has 1 amide bonds. The number of ether oxygens (including phenoxy) is 1. The highest BCUT2D eigenvalue weighted by molar-refractivity contribution is 7.14. The number of carbonyl (C=O) groups excluding carboxylic acids is 1. The zero-order chi connectivity index (χ0) is 23.7. The first-order chi connectivity index (χ1) is 16.5. The molecule has 0 unspecified atom stereocenters. The van der Waals surface area contributed by atoms with Gasteiger partial charge in [0.25, 0.3) is 5.91 Å². The van der Waals surface area contributed by atoms with E-state index in [1.165, 1.54) is 11.3 Å². The Kier molecular flexibility index (Phi) is 6.21. The second-order valence-corrected chi connectivity index (χ2v) is 9.59. The number of benzene rings is 1. The van der Waals surface area contributed by atoms with Crippen molar-refractivity contribution in [3.8, 4) is 16.5 Å². The van der Waals surface area contributed by atoms with Crippen molar-refractivity contribution in [1.82, 2.24) is 25.5 Å². The van der Waals surface area contributed by atoms with Gasteiger partial charge in [0.2, 0.25) is 0 Å². The maximum absolute atomic E-state index is 13.9. The van der Waals surface area contributed by atoms with E-state index in [1.54, 1.807) is 19.5 Å². The third-order valence-electron chi connectivity index (χ3n) is 6.09. The van der Waals surface area contributed by atoms with Crippen LogP contribution in [0.5, 0.6) is 5.75 Å². The second-order valence-electron chi connectivity index (χ2n) is 8.41. The number of rotatable bonds is 5. The molecule has 174 valence electrons. The van der Waals surface area contributed by atoms with Crippen LogP contribution in [0, 0.1) is 13.8 Å². The summed E-state index contributed by atoms with van der Waals surface area (Å²) in [6, 6.07) is 9.55. The van der Waals surface area contributed by atoms with Crippen LogP contribution in [0.15, 0.2) is 42.7 Å². The zero-order valence-electron chi connectivity index (χ0n) is 19.4. The molecule has 0 saturated carbocycles. The maximum Gasteiger partial charge on any atom is 0.261 e. The van der Waals surface area contributed by atoms with Crippen molar-refractivity contribution in [3.63, 3.8) is 0 Å². The van der Waals surface area contributed by atoms with Gasteiger partial charge in [0.15, 0.2) is 5.01 Å². The minimum atomic E-state index is -0.114. The highest BCUT2D eigenvalue weighted by Crippen LogP contribution is 2.34. The molecule has 1 N–H and O–H groups in total. The molecule has 1 aliphatic heterocycles. The summed E-state index contributed by atoms with van der Waals surface area (Å²) >= 11 is 1.48. The van der Waals surface area contributed by atoms with Crippen molar-refractivity contribution in [3.05, 3.63) is 58.9 Å². The molecule has 4 aromatic rings. The van der Waals surface area contributed by atoms with Crippen LogP contribution >= 0.6 is 11.3 Å². The molecule has 1 atom stereocenters. The Morgan fingerprint density at radius 2 is 2.06 bits per heavy atom. The first-order valence-electron chi connectivity index (χ1n) is 11.3. The number of methoxy groups -OCH3 is 1. The van der Waals surface area contributed by atoms with E-state index in [-0.39, 0.29) is 11.9 Å². The predicted octanol–water partition coefficient (Wildman–Crippen LogP) is 4.17. The number of amides is 1. The summed E-state index contributed by atoms with van der Waals surface area (Å²) in [5, 5.41) is 15.2. The fraction of sp³-hybridized carbons (Fsp3) is 0.320. The highest BCUT2D eigenvalue weighted by atomic mass is 32.1. The van der Waals surface area contributed by atoms with Gasteiger partial charge >= 0.3 is 0 Å². The Morgan fingerprint density at radius 1 is 1.18 bits per heavy atom. The van der Waals surface area contributed by atoms with E-state index in [0.29, 0.717) is 23.6 Å². The molecule has 3 aromatic heterocycles. The minimum Gasteiger partial charge on any atom is -0.497 e. The summed E-state index contributed by atoms with van der Waals surface area (Å²) in [4.78, 5) is 25.0. The first-order valence-corrected chi connectivity index (χ1v) is 12.1. The number of fused-ring (bicyclic) bond motifs is 1. The molecule has 34 heavy (non-hydrogen) atoms. The summed E-state index contributed by atoms with van der Waals surface area (Å²) in [5.41, 5.74) is 2.24. The lowest BCUT2D eigenvalue weighted by Crippen LogP contribution is -2.49. The van der Waals surface area contributed by atoms with Gasteiger partial charge in [-0.1, -0.05) is 11.3 Å². The zero-order valence-corrected chi connectivity index (χ0v) is 20.2. The van der Waals surface area contributed by atoms with E-state index in [0.717, 1.165) is 51.5 Å². The monoisotopic (exact) mass is 474 g/mol. The van der Waals surface area contributed by atoms with Gasteiger partial charge in [-0.3, -0.25) is 14.7 Å². The molecule has 8 nitrogen and oxygen atoms in total. The molecule has 1 saturated heterocycles. The van der Waals surface area contributed by atoms with Crippen LogP contribution in [0.1, 0.15) is 33.8 Å². The number of hydrogen-bond donors (Lipinski definition) is 1. The number of hydrogen-bond acceptors (Lipinski definition) is 8. The van der Waals surface area contributed by atoms with Gasteiger partial charge in [0, 0.05) is 24.3 Å². The van der Waals surface area contributed by atoms with E-state index >= 15 is 0 Å². The molecule has 1 aliphatic rings. The summed E-state index contributed by atoms with van der Waals surface area (Å²) in [6.07, 6.45) is 5.28. The summed E-state index contributed by atoms with van der Waals surface area (Å²) < 4.78 is 5.46. The molecule has 9 heteroatoms. The van der Waals surface area contributed by atoms with Crippen molar-refractivity contribution in [2.24, 2.45) is 0 Å². The number of anilines is 1. The number of nitrogens with one attached hydrogen (secondary N) is 1. The number of aromatic nitrogens is 4. The van der Waals surface area contributed by atoms with Crippen LogP contribution < -0.4 is 15.0 Å². The van der Waals surface area contributed by atoms with Crippen molar-refractivity contribution >= 4 is 33.8 Å². The van der Waals surface area contributed by atoms with Crippen molar-refractivity contribution in [2.75, 3.05) is 25.1 Å². The molecule has 4 heterocycles. The fourth-order valence-corrected chi connectivity index (χ4v) is 5.11. The number of nitrogens with zero attached hydrogens (tertiary/aromatic N) is 5. The van der Waals surface area contributed by atoms with Gasteiger partial charge in [-0.2, -0.15) is 0 Å². The molecule has 0 bridgehead atoms. The Hall–Kier alpha value is -3.43.